The van der Waals surface area contributed by atoms with Crippen molar-refractivity contribution >= 4 is 23.2 Å². The Hall–Kier alpha value is -3.37. The van der Waals surface area contributed by atoms with E-state index >= 15 is 0 Å². The largest absolute Gasteiger partial charge is 0.497 e. The molecule has 0 bridgehead atoms. The number of piperazine rings is 1. The van der Waals surface area contributed by atoms with Gasteiger partial charge in [0.1, 0.15) is 17.6 Å². The molecule has 0 aliphatic carbocycles. The van der Waals surface area contributed by atoms with E-state index in [4.69, 9.17) is 25.5 Å². The summed E-state index contributed by atoms with van der Waals surface area (Å²) < 4.78 is 16.9. The molecular weight excluding hydrogens is 416 g/mol. The van der Waals surface area contributed by atoms with Gasteiger partial charge in [-0.1, -0.05) is 11.6 Å². The number of halogens is 1. The molecule has 31 heavy (non-hydrogen) atoms. The molecule has 4 rings (SSSR count). The van der Waals surface area contributed by atoms with Crippen LogP contribution in [0.5, 0.6) is 11.5 Å². The zero-order valence-electron chi connectivity index (χ0n) is 17.5. The van der Waals surface area contributed by atoms with E-state index in [0.717, 1.165) is 43.2 Å². The molecule has 0 unspecified atom stereocenters. The zero-order valence-corrected chi connectivity index (χ0v) is 18.2. The summed E-state index contributed by atoms with van der Waals surface area (Å²) in [5.41, 5.74) is 2.36. The highest BCUT2D eigenvalue weighted by molar-refractivity contribution is 6.31. The number of hydrogen-bond donors (Lipinski definition) is 0. The van der Waals surface area contributed by atoms with E-state index in [-0.39, 0.29) is 12.3 Å². The molecule has 1 aliphatic rings. The van der Waals surface area contributed by atoms with Crippen molar-refractivity contribution in [3.63, 3.8) is 0 Å². The summed E-state index contributed by atoms with van der Waals surface area (Å²) in [6, 6.07) is 15.6. The SMILES string of the molecule is COc1ccc(N2CCN(c3oc(COc4ccc(Cl)c(C)c4)nc3C#N)CC2)cc1. The number of rotatable bonds is 6. The summed E-state index contributed by atoms with van der Waals surface area (Å²) in [7, 11) is 1.66. The number of benzene rings is 2. The number of hydrogen-bond acceptors (Lipinski definition) is 7. The van der Waals surface area contributed by atoms with E-state index in [9.17, 15) is 5.26 Å². The monoisotopic (exact) mass is 438 g/mol. The van der Waals surface area contributed by atoms with Crippen molar-refractivity contribution in [3.05, 3.63) is 64.6 Å². The van der Waals surface area contributed by atoms with Crippen molar-refractivity contribution < 1.29 is 13.9 Å². The van der Waals surface area contributed by atoms with Crippen LogP contribution < -0.4 is 19.3 Å². The summed E-state index contributed by atoms with van der Waals surface area (Å²) in [5, 5.41) is 10.2. The molecule has 1 fully saturated rings. The third kappa shape index (κ3) is 4.70. The Balaban J connectivity index is 1.40. The van der Waals surface area contributed by atoms with Gasteiger partial charge in [-0.15, -0.1) is 0 Å². The van der Waals surface area contributed by atoms with Gasteiger partial charge in [0.25, 0.3) is 0 Å². The molecule has 0 spiro atoms. The van der Waals surface area contributed by atoms with Gasteiger partial charge < -0.3 is 23.7 Å². The first-order valence-corrected chi connectivity index (χ1v) is 10.4. The van der Waals surface area contributed by atoms with E-state index in [1.54, 1.807) is 19.2 Å². The maximum atomic E-state index is 9.52. The first-order valence-electron chi connectivity index (χ1n) is 10.00. The van der Waals surface area contributed by atoms with Gasteiger partial charge in [-0.2, -0.15) is 10.2 Å². The van der Waals surface area contributed by atoms with Gasteiger partial charge in [0, 0.05) is 36.9 Å². The molecule has 0 saturated carbocycles. The second-order valence-electron chi connectivity index (χ2n) is 7.24. The lowest BCUT2D eigenvalue weighted by molar-refractivity contribution is 0.263. The predicted molar refractivity (Wildman–Crippen MR) is 119 cm³/mol. The lowest BCUT2D eigenvalue weighted by atomic mass is 10.2. The maximum absolute atomic E-state index is 9.52. The van der Waals surface area contributed by atoms with Crippen LogP contribution >= 0.6 is 11.6 Å². The quantitative estimate of drug-likeness (QED) is 0.563. The molecule has 1 saturated heterocycles. The lowest BCUT2D eigenvalue weighted by Gasteiger charge is -2.35. The average molecular weight is 439 g/mol. The number of anilines is 2. The molecule has 2 heterocycles. The predicted octanol–water partition coefficient (Wildman–Crippen LogP) is 4.42. The van der Waals surface area contributed by atoms with Gasteiger partial charge in [0.05, 0.1) is 7.11 Å². The van der Waals surface area contributed by atoms with Crippen molar-refractivity contribution in [3.8, 4) is 17.6 Å². The van der Waals surface area contributed by atoms with Crippen LogP contribution in [0.15, 0.2) is 46.9 Å². The highest BCUT2D eigenvalue weighted by atomic mass is 35.5. The van der Waals surface area contributed by atoms with Gasteiger partial charge in [-0.3, -0.25) is 0 Å². The van der Waals surface area contributed by atoms with Crippen molar-refractivity contribution in [2.75, 3.05) is 43.1 Å². The molecule has 160 valence electrons. The fourth-order valence-electron chi connectivity index (χ4n) is 3.52. The van der Waals surface area contributed by atoms with E-state index < -0.39 is 0 Å². The minimum absolute atomic E-state index is 0.140. The van der Waals surface area contributed by atoms with Crippen molar-refractivity contribution in [2.45, 2.75) is 13.5 Å². The highest BCUT2D eigenvalue weighted by Crippen LogP contribution is 2.27. The van der Waals surface area contributed by atoms with Crippen molar-refractivity contribution in [2.24, 2.45) is 0 Å². The second-order valence-corrected chi connectivity index (χ2v) is 7.65. The molecule has 1 aliphatic heterocycles. The van der Waals surface area contributed by atoms with E-state index in [0.29, 0.717) is 22.5 Å². The van der Waals surface area contributed by atoms with Gasteiger partial charge in [-0.25, -0.2) is 0 Å². The number of nitrogens with zero attached hydrogens (tertiary/aromatic N) is 4. The van der Waals surface area contributed by atoms with Crippen LogP contribution in [0.3, 0.4) is 0 Å². The lowest BCUT2D eigenvalue weighted by Crippen LogP contribution is -2.46. The number of oxazole rings is 1. The van der Waals surface area contributed by atoms with Gasteiger partial charge in [0.2, 0.25) is 17.5 Å². The van der Waals surface area contributed by atoms with Crippen LogP contribution in [0.1, 0.15) is 17.1 Å². The van der Waals surface area contributed by atoms with Gasteiger partial charge in [-0.05, 0) is 55.0 Å². The first kappa shape index (κ1) is 20.9. The van der Waals surface area contributed by atoms with Crippen molar-refractivity contribution in [1.29, 1.82) is 5.26 Å². The summed E-state index contributed by atoms with van der Waals surface area (Å²) in [6.07, 6.45) is 0. The average Bonchev–Trinajstić information content (AvgIpc) is 3.23. The van der Waals surface area contributed by atoms with E-state index in [1.807, 2.05) is 25.1 Å². The Kier molecular flexibility index (Phi) is 6.19. The summed E-state index contributed by atoms with van der Waals surface area (Å²) in [5.74, 6) is 2.39. The molecule has 8 heteroatoms. The number of aromatic nitrogens is 1. The van der Waals surface area contributed by atoms with Crippen LogP contribution in [-0.2, 0) is 6.61 Å². The Labute approximate surface area is 186 Å². The van der Waals surface area contributed by atoms with Gasteiger partial charge in [0.15, 0.2) is 6.61 Å². The topological polar surface area (TPSA) is 74.8 Å². The molecule has 0 radical (unpaired) electrons. The van der Waals surface area contributed by atoms with Gasteiger partial charge >= 0.3 is 0 Å². The normalized spacial score (nSPS) is 13.7. The summed E-state index contributed by atoms with van der Waals surface area (Å²) in [6.45, 7) is 5.14. The number of nitriles is 1. The van der Waals surface area contributed by atoms with Crippen LogP contribution in [0.2, 0.25) is 5.02 Å². The standard InChI is InChI=1S/C23H23ClN4O3/c1-16-13-19(7-8-20(16)24)30-15-22-26-21(14-25)23(31-22)28-11-9-27(10-12-28)17-3-5-18(29-2)6-4-17/h3-8,13H,9-12,15H2,1-2H3. The Morgan fingerprint density at radius 1 is 1.06 bits per heavy atom. The minimum Gasteiger partial charge on any atom is -0.497 e. The van der Waals surface area contributed by atoms with Crippen LogP contribution in [0, 0.1) is 18.3 Å². The Morgan fingerprint density at radius 2 is 1.74 bits per heavy atom. The maximum Gasteiger partial charge on any atom is 0.236 e. The molecule has 0 atom stereocenters. The van der Waals surface area contributed by atoms with Crippen molar-refractivity contribution in [1.82, 2.24) is 4.98 Å². The Morgan fingerprint density at radius 3 is 2.39 bits per heavy atom. The molecule has 2 aromatic carbocycles. The minimum atomic E-state index is 0.140. The fourth-order valence-corrected chi connectivity index (χ4v) is 3.63. The van der Waals surface area contributed by atoms with Crippen LogP contribution in [-0.4, -0.2) is 38.3 Å². The molecule has 0 N–H and O–H groups in total. The zero-order chi connectivity index (χ0) is 21.8. The fraction of sp³-hybridized carbons (Fsp3) is 0.304. The molecule has 1 aromatic heterocycles. The number of aryl methyl sites for hydroxylation is 1. The third-order valence-electron chi connectivity index (χ3n) is 5.26. The van der Waals surface area contributed by atoms with Crippen LogP contribution in [0.4, 0.5) is 11.6 Å². The van der Waals surface area contributed by atoms with E-state index in [2.05, 4.69) is 33.0 Å². The number of methoxy groups -OCH3 is 1. The molecular formula is C23H23ClN4O3. The molecule has 3 aromatic rings. The summed E-state index contributed by atoms with van der Waals surface area (Å²) in [4.78, 5) is 8.66. The smallest absolute Gasteiger partial charge is 0.236 e. The second kappa shape index (κ2) is 9.19. The molecule has 0 amide bonds. The Bertz CT molecular complexity index is 1080. The molecule has 7 nitrogen and oxygen atoms in total. The summed E-state index contributed by atoms with van der Waals surface area (Å²) >= 11 is 6.05. The van der Waals surface area contributed by atoms with E-state index in [1.165, 1.54) is 0 Å². The highest BCUT2D eigenvalue weighted by Gasteiger charge is 2.24. The number of ether oxygens (including phenoxy) is 2. The van der Waals surface area contributed by atoms with Crippen LogP contribution in [0.25, 0.3) is 0 Å². The first-order chi connectivity index (χ1) is 15.1. The third-order valence-corrected chi connectivity index (χ3v) is 5.68.